The van der Waals surface area contributed by atoms with E-state index in [0.717, 1.165) is 11.4 Å². The van der Waals surface area contributed by atoms with Crippen molar-refractivity contribution in [2.75, 3.05) is 14.2 Å². The van der Waals surface area contributed by atoms with Gasteiger partial charge in [0, 0.05) is 30.9 Å². The number of H-pyrrole nitrogens is 1. The molecule has 0 saturated carbocycles. The summed E-state index contributed by atoms with van der Waals surface area (Å²) in [6.07, 6.45) is 8.26. The van der Waals surface area contributed by atoms with E-state index >= 15 is 0 Å². The average Bonchev–Trinajstić information content (AvgIpc) is 3.17. The lowest BCUT2D eigenvalue weighted by Crippen LogP contribution is -2.25. The fourth-order valence-corrected chi connectivity index (χ4v) is 3.93. The number of amides is 1. The van der Waals surface area contributed by atoms with Gasteiger partial charge < -0.3 is 19.6 Å². The topological polar surface area (TPSA) is 76.1 Å². The summed E-state index contributed by atoms with van der Waals surface area (Å²) in [7, 11) is 3.32. The van der Waals surface area contributed by atoms with Gasteiger partial charge in [-0.05, 0) is 55.9 Å². The quantitative estimate of drug-likeness (QED) is 0.647. The normalized spacial score (nSPS) is 12.5. The van der Waals surface area contributed by atoms with Gasteiger partial charge in [-0.2, -0.15) is 0 Å². The summed E-state index contributed by atoms with van der Waals surface area (Å²) in [5, 5.41) is 3.23. The number of carbonyl (C=O) groups excluding carboxylic acids is 1. The highest BCUT2D eigenvalue weighted by atomic mass is 16.5. The van der Waals surface area contributed by atoms with Gasteiger partial charge in [0.15, 0.2) is 0 Å². The van der Waals surface area contributed by atoms with E-state index in [-0.39, 0.29) is 11.5 Å². The zero-order valence-electron chi connectivity index (χ0n) is 17.9. The molecule has 1 aliphatic carbocycles. The summed E-state index contributed by atoms with van der Waals surface area (Å²) < 4.78 is 6.78. The van der Waals surface area contributed by atoms with Gasteiger partial charge in [-0.3, -0.25) is 9.59 Å². The zero-order chi connectivity index (χ0) is 21.7. The zero-order valence-corrected chi connectivity index (χ0v) is 17.9. The molecule has 30 heavy (non-hydrogen) atoms. The molecule has 0 radical (unpaired) electrons. The number of hydrogen-bond acceptors (Lipinski definition) is 3. The van der Waals surface area contributed by atoms with Crippen molar-refractivity contribution in [3.8, 4) is 5.75 Å². The lowest BCUT2D eigenvalue weighted by molar-refractivity contribution is 0.0964. The van der Waals surface area contributed by atoms with Gasteiger partial charge in [0.25, 0.3) is 11.5 Å². The maximum absolute atomic E-state index is 12.1. The molecular weight excluding hydrogens is 378 g/mol. The van der Waals surface area contributed by atoms with E-state index in [1.165, 1.54) is 41.4 Å². The molecule has 2 aromatic heterocycles. The Morgan fingerprint density at radius 3 is 2.80 bits per heavy atom. The van der Waals surface area contributed by atoms with Crippen molar-refractivity contribution in [2.24, 2.45) is 0 Å². The second-order valence-electron chi connectivity index (χ2n) is 7.41. The summed E-state index contributed by atoms with van der Waals surface area (Å²) in [5.74, 6) is 0.865. The first-order chi connectivity index (χ1) is 14.5. The maximum atomic E-state index is 12.1. The molecule has 6 nitrogen and oxygen atoms in total. The van der Waals surface area contributed by atoms with Gasteiger partial charge >= 0.3 is 0 Å². The van der Waals surface area contributed by atoms with Gasteiger partial charge in [-0.1, -0.05) is 18.2 Å². The Labute approximate surface area is 176 Å². The van der Waals surface area contributed by atoms with Crippen molar-refractivity contribution in [3.05, 3.63) is 75.9 Å². The Morgan fingerprint density at radius 1 is 1.33 bits per heavy atom. The largest absolute Gasteiger partial charge is 0.496 e. The fourth-order valence-electron chi connectivity index (χ4n) is 3.93. The van der Waals surface area contributed by atoms with Crippen LogP contribution < -0.4 is 15.6 Å². The van der Waals surface area contributed by atoms with Crippen LogP contribution in [0.1, 0.15) is 40.0 Å². The highest BCUT2D eigenvalue weighted by molar-refractivity contribution is 6.06. The number of carbonyl (C=O) groups is 1. The molecule has 0 spiro atoms. The monoisotopic (exact) mass is 407 g/mol. The third kappa shape index (κ3) is 4.32. The summed E-state index contributed by atoms with van der Waals surface area (Å²) in [4.78, 5) is 27.0. The number of ether oxygens (including phenoxy) is 1. The number of fused-ring (bicyclic) bond motifs is 2. The lowest BCUT2D eigenvalue weighted by Gasteiger charge is -2.17. The Morgan fingerprint density at radius 2 is 2.10 bits per heavy atom. The molecule has 1 aliphatic rings. The molecule has 0 atom stereocenters. The minimum atomic E-state index is -0.211. The van der Waals surface area contributed by atoms with Crippen molar-refractivity contribution in [1.29, 1.82) is 0 Å². The highest BCUT2D eigenvalue weighted by Gasteiger charge is 2.15. The number of pyridine rings is 1. The van der Waals surface area contributed by atoms with Crippen LogP contribution in [0.2, 0.25) is 0 Å². The standard InChI is InChI=1S/C13H15N3O2.C11H14O/c1-4-5-16-7-10(12(17)14-3)9-6-8(2)15-11(9)13(16)18;1-12-11-8-4-6-9-5-2-3-7-10(9)11/h4,6-7,15H,1,5H2,2-3H3,(H,14,17);4,6,8H,2-3,5,7H2,1H3. The number of aromatic nitrogens is 2. The number of rotatable bonds is 4. The van der Waals surface area contributed by atoms with Gasteiger partial charge in [-0.15, -0.1) is 6.58 Å². The molecular formula is C24H29N3O3. The van der Waals surface area contributed by atoms with E-state index in [1.807, 2.05) is 6.92 Å². The van der Waals surface area contributed by atoms with Crippen LogP contribution in [0.3, 0.4) is 0 Å². The molecule has 4 rings (SSSR count). The Hall–Kier alpha value is -3.28. The molecule has 0 aliphatic heterocycles. The van der Waals surface area contributed by atoms with Crippen molar-refractivity contribution in [3.63, 3.8) is 0 Å². The molecule has 0 bridgehead atoms. The first-order valence-electron chi connectivity index (χ1n) is 10.2. The van der Waals surface area contributed by atoms with Crippen LogP contribution in [0.25, 0.3) is 10.9 Å². The van der Waals surface area contributed by atoms with Crippen LogP contribution in [-0.2, 0) is 19.4 Å². The predicted molar refractivity (Wildman–Crippen MR) is 121 cm³/mol. The Bertz CT molecular complexity index is 1110. The van der Waals surface area contributed by atoms with E-state index in [0.29, 0.717) is 23.0 Å². The van der Waals surface area contributed by atoms with Crippen LogP contribution in [-0.4, -0.2) is 29.6 Å². The molecule has 2 heterocycles. The second kappa shape index (κ2) is 9.48. The number of aryl methyl sites for hydroxylation is 2. The SMILES string of the molecule is C=CCn1cc(C(=O)NC)c2cc(C)[nH]c2c1=O.COc1cccc2c1CCCC2. The summed E-state index contributed by atoms with van der Waals surface area (Å²) in [6.45, 7) is 5.83. The number of benzene rings is 1. The molecule has 6 heteroatoms. The molecule has 0 unspecified atom stereocenters. The first-order valence-corrected chi connectivity index (χ1v) is 10.2. The molecule has 0 fully saturated rings. The van der Waals surface area contributed by atoms with Gasteiger partial charge in [-0.25, -0.2) is 0 Å². The summed E-state index contributed by atoms with van der Waals surface area (Å²) >= 11 is 0. The number of methoxy groups -OCH3 is 1. The van der Waals surface area contributed by atoms with Crippen molar-refractivity contribution >= 4 is 16.8 Å². The molecule has 0 saturated heterocycles. The Balaban J connectivity index is 0.000000184. The smallest absolute Gasteiger partial charge is 0.275 e. The lowest BCUT2D eigenvalue weighted by atomic mass is 9.91. The van der Waals surface area contributed by atoms with E-state index in [2.05, 4.69) is 35.1 Å². The van der Waals surface area contributed by atoms with Gasteiger partial charge in [0.2, 0.25) is 0 Å². The molecule has 1 amide bonds. The number of hydrogen-bond donors (Lipinski definition) is 2. The van der Waals surface area contributed by atoms with E-state index < -0.39 is 0 Å². The van der Waals surface area contributed by atoms with Crippen LogP contribution in [0.15, 0.2) is 47.9 Å². The van der Waals surface area contributed by atoms with Gasteiger partial charge in [0.05, 0.1) is 12.7 Å². The molecule has 3 aromatic rings. The number of aromatic amines is 1. The van der Waals surface area contributed by atoms with E-state index in [1.54, 1.807) is 32.5 Å². The Kier molecular flexibility index (Phi) is 6.77. The third-order valence-corrected chi connectivity index (χ3v) is 5.37. The highest BCUT2D eigenvalue weighted by Crippen LogP contribution is 2.28. The molecule has 1 aromatic carbocycles. The number of nitrogens with zero attached hydrogens (tertiary/aromatic N) is 1. The number of allylic oxidation sites excluding steroid dienone is 1. The van der Waals surface area contributed by atoms with Gasteiger partial charge in [0.1, 0.15) is 11.3 Å². The van der Waals surface area contributed by atoms with Crippen molar-refractivity contribution in [1.82, 2.24) is 14.9 Å². The minimum absolute atomic E-state index is 0.148. The third-order valence-electron chi connectivity index (χ3n) is 5.37. The van der Waals surface area contributed by atoms with Crippen molar-refractivity contribution in [2.45, 2.75) is 39.2 Å². The van der Waals surface area contributed by atoms with E-state index in [9.17, 15) is 9.59 Å². The van der Waals surface area contributed by atoms with Crippen LogP contribution in [0, 0.1) is 6.92 Å². The second-order valence-corrected chi connectivity index (χ2v) is 7.41. The van der Waals surface area contributed by atoms with Crippen LogP contribution >= 0.6 is 0 Å². The van der Waals surface area contributed by atoms with Crippen LogP contribution in [0.5, 0.6) is 5.75 Å². The molecule has 2 N–H and O–H groups in total. The van der Waals surface area contributed by atoms with Crippen LogP contribution in [0.4, 0.5) is 0 Å². The summed E-state index contributed by atoms with van der Waals surface area (Å²) in [6, 6.07) is 8.17. The first kappa shape index (κ1) is 21.4. The van der Waals surface area contributed by atoms with E-state index in [4.69, 9.17) is 4.74 Å². The number of nitrogens with one attached hydrogen (secondary N) is 2. The predicted octanol–water partition coefficient (Wildman–Crippen LogP) is 3.76. The summed E-state index contributed by atoms with van der Waals surface area (Å²) in [5.41, 5.74) is 4.56. The maximum Gasteiger partial charge on any atom is 0.275 e. The fraction of sp³-hybridized carbons (Fsp3) is 0.333. The average molecular weight is 408 g/mol. The minimum Gasteiger partial charge on any atom is -0.496 e. The van der Waals surface area contributed by atoms with Crippen molar-refractivity contribution < 1.29 is 9.53 Å². The molecule has 158 valence electrons.